The van der Waals surface area contributed by atoms with Gasteiger partial charge in [0.05, 0.1) is 6.61 Å². The Bertz CT molecular complexity index is 960. The summed E-state index contributed by atoms with van der Waals surface area (Å²) in [6.45, 7) is 1.45. The van der Waals surface area contributed by atoms with Gasteiger partial charge in [-0.1, -0.05) is 0 Å². The Kier molecular flexibility index (Phi) is 4.34. The van der Waals surface area contributed by atoms with Crippen LogP contribution in [0.25, 0.3) is 10.9 Å². The van der Waals surface area contributed by atoms with Gasteiger partial charge in [-0.05, 0) is 54.7 Å². The molecule has 2 aromatic heterocycles. The number of carboxylic acids is 1. The summed E-state index contributed by atoms with van der Waals surface area (Å²) in [6.07, 6.45) is 6.04. The van der Waals surface area contributed by atoms with Crippen LogP contribution in [0.1, 0.15) is 34.7 Å². The first kappa shape index (κ1) is 16.6. The number of methoxy groups -OCH3 is 1. The number of anilines is 2. The van der Waals surface area contributed by atoms with Crippen LogP contribution in [-0.2, 0) is 11.3 Å². The third kappa shape index (κ3) is 3.28. The standard InChI is InChI=1S/C20H21N3O3/c1-26-9-8-23-7-6-14-10-16(4-5-18(14)23)22-19-17(20(24)25)11-15(12-21-19)13-2-3-13/h4-7,10-13H,2-3,8-9H2,1H3,(H,21,22)(H,24,25). The number of aromatic carboxylic acids is 1. The molecule has 1 aromatic carbocycles. The molecule has 1 aliphatic rings. The molecule has 0 spiro atoms. The topological polar surface area (TPSA) is 76.4 Å². The van der Waals surface area contributed by atoms with Crippen LogP contribution in [0.5, 0.6) is 0 Å². The number of ether oxygens (including phenoxy) is 1. The van der Waals surface area contributed by atoms with Crippen molar-refractivity contribution in [2.45, 2.75) is 25.3 Å². The van der Waals surface area contributed by atoms with Gasteiger partial charge in [0, 0.05) is 42.6 Å². The highest BCUT2D eigenvalue weighted by Gasteiger charge is 2.26. The molecule has 6 nitrogen and oxygen atoms in total. The van der Waals surface area contributed by atoms with Gasteiger partial charge >= 0.3 is 5.97 Å². The van der Waals surface area contributed by atoms with Gasteiger partial charge < -0.3 is 19.7 Å². The monoisotopic (exact) mass is 351 g/mol. The van der Waals surface area contributed by atoms with Crippen LogP contribution in [0.2, 0.25) is 0 Å². The number of nitrogens with one attached hydrogen (secondary N) is 1. The molecule has 0 unspecified atom stereocenters. The molecule has 26 heavy (non-hydrogen) atoms. The Labute approximate surface area is 151 Å². The van der Waals surface area contributed by atoms with Crippen LogP contribution in [0.4, 0.5) is 11.5 Å². The highest BCUT2D eigenvalue weighted by Crippen LogP contribution is 2.40. The van der Waals surface area contributed by atoms with Crippen molar-refractivity contribution in [3.05, 3.63) is 53.9 Å². The van der Waals surface area contributed by atoms with E-state index in [1.165, 1.54) is 0 Å². The first-order valence-electron chi connectivity index (χ1n) is 8.74. The van der Waals surface area contributed by atoms with Crippen LogP contribution in [0.15, 0.2) is 42.7 Å². The van der Waals surface area contributed by atoms with E-state index in [1.54, 1.807) is 19.4 Å². The number of rotatable bonds is 7. The van der Waals surface area contributed by atoms with E-state index in [-0.39, 0.29) is 5.56 Å². The van der Waals surface area contributed by atoms with E-state index in [1.807, 2.05) is 30.5 Å². The van der Waals surface area contributed by atoms with E-state index in [0.717, 1.165) is 41.5 Å². The molecule has 3 aromatic rings. The van der Waals surface area contributed by atoms with Gasteiger partial charge in [0.2, 0.25) is 0 Å². The van der Waals surface area contributed by atoms with Crippen molar-refractivity contribution in [3.63, 3.8) is 0 Å². The Balaban J connectivity index is 1.61. The number of aromatic nitrogens is 2. The molecule has 4 rings (SSSR count). The van der Waals surface area contributed by atoms with Gasteiger partial charge in [0.1, 0.15) is 11.4 Å². The zero-order valence-electron chi connectivity index (χ0n) is 14.6. The van der Waals surface area contributed by atoms with Crippen molar-refractivity contribution in [2.24, 2.45) is 0 Å². The molecular formula is C20H21N3O3. The van der Waals surface area contributed by atoms with Crippen LogP contribution in [-0.4, -0.2) is 34.3 Å². The number of fused-ring (bicyclic) bond motifs is 1. The van der Waals surface area contributed by atoms with Crippen molar-refractivity contribution in [2.75, 3.05) is 19.0 Å². The number of hydrogen-bond donors (Lipinski definition) is 2. The second kappa shape index (κ2) is 6.80. The van der Waals surface area contributed by atoms with Crippen molar-refractivity contribution in [1.29, 1.82) is 0 Å². The number of carbonyl (C=O) groups is 1. The van der Waals surface area contributed by atoms with Gasteiger partial charge in [-0.2, -0.15) is 0 Å². The lowest BCUT2D eigenvalue weighted by Gasteiger charge is -2.11. The summed E-state index contributed by atoms with van der Waals surface area (Å²) in [7, 11) is 1.69. The first-order chi connectivity index (χ1) is 12.7. The summed E-state index contributed by atoms with van der Waals surface area (Å²) in [5.41, 5.74) is 3.16. The van der Waals surface area contributed by atoms with E-state index in [9.17, 15) is 9.90 Å². The fourth-order valence-electron chi connectivity index (χ4n) is 3.18. The van der Waals surface area contributed by atoms with E-state index in [2.05, 4.69) is 14.9 Å². The van der Waals surface area contributed by atoms with Gasteiger partial charge in [-0.25, -0.2) is 9.78 Å². The maximum Gasteiger partial charge on any atom is 0.339 e. The summed E-state index contributed by atoms with van der Waals surface area (Å²) in [5.74, 6) is -0.118. The smallest absolute Gasteiger partial charge is 0.339 e. The van der Waals surface area contributed by atoms with Gasteiger partial charge in [-0.3, -0.25) is 0 Å². The fourth-order valence-corrected chi connectivity index (χ4v) is 3.18. The Morgan fingerprint density at radius 3 is 2.92 bits per heavy atom. The van der Waals surface area contributed by atoms with Gasteiger partial charge in [-0.15, -0.1) is 0 Å². The van der Waals surface area contributed by atoms with E-state index >= 15 is 0 Å². The lowest BCUT2D eigenvalue weighted by atomic mass is 10.1. The number of pyridine rings is 1. The second-order valence-corrected chi connectivity index (χ2v) is 6.64. The molecule has 2 heterocycles. The average Bonchev–Trinajstić information content (AvgIpc) is 3.41. The quantitative estimate of drug-likeness (QED) is 0.673. The van der Waals surface area contributed by atoms with Crippen LogP contribution < -0.4 is 5.32 Å². The lowest BCUT2D eigenvalue weighted by Crippen LogP contribution is -2.06. The first-order valence-corrected chi connectivity index (χ1v) is 8.74. The van der Waals surface area contributed by atoms with Crippen molar-refractivity contribution < 1.29 is 14.6 Å². The van der Waals surface area contributed by atoms with E-state index in [4.69, 9.17) is 4.74 Å². The largest absolute Gasteiger partial charge is 0.478 e. The minimum Gasteiger partial charge on any atom is -0.478 e. The minimum absolute atomic E-state index is 0.215. The molecule has 1 saturated carbocycles. The van der Waals surface area contributed by atoms with E-state index in [0.29, 0.717) is 18.3 Å². The lowest BCUT2D eigenvalue weighted by molar-refractivity contribution is 0.0697. The molecule has 1 aliphatic carbocycles. The van der Waals surface area contributed by atoms with Crippen molar-refractivity contribution in [1.82, 2.24) is 9.55 Å². The summed E-state index contributed by atoms with van der Waals surface area (Å²) >= 11 is 0. The van der Waals surface area contributed by atoms with E-state index < -0.39 is 5.97 Å². The zero-order chi connectivity index (χ0) is 18.1. The zero-order valence-corrected chi connectivity index (χ0v) is 14.6. The Morgan fingerprint density at radius 1 is 1.35 bits per heavy atom. The highest BCUT2D eigenvalue weighted by atomic mass is 16.5. The predicted octanol–water partition coefficient (Wildman–Crippen LogP) is 4.00. The second-order valence-electron chi connectivity index (χ2n) is 6.64. The molecule has 0 radical (unpaired) electrons. The molecule has 0 aliphatic heterocycles. The third-order valence-electron chi connectivity index (χ3n) is 4.76. The average molecular weight is 351 g/mol. The SMILES string of the molecule is COCCn1ccc2cc(Nc3ncc(C4CC4)cc3C(=O)O)ccc21. The van der Waals surface area contributed by atoms with Crippen LogP contribution in [0.3, 0.4) is 0 Å². The molecule has 2 N–H and O–H groups in total. The molecule has 0 bridgehead atoms. The normalized spacial score (nSPS) is 13.9. The molecule has 6 heteroatoms. The molecule has 134 valence electrons. The molecule has 0 amide bonds. The van der Waals surface area contributed by atoms with Crippen LogP contribution >= 0.6 is 0 Å². The third-order valence-corrected chi connectivity index (χ3v) is 4.76. The van der Waals surface area contributed by atoms with Crippen molar-refractivity contribution in [3.8, 4) is 0 Å². The summed E-state index contributed by atoms with van der Waals surface area (Å²) in [6, 6.07) is 9.74. The van der Waals surface area contributed by atoms with Crippen LogP contribution in [0, 0.1) is 0 Å². The molecule has 0 atom stereocenters. The number of nitrogens with zero attached hydrogens (tertiary/aromatic N) is 2. The number of carboxylic acid groups (broad SMARTS) is 1. The Hall–Kier alpha value is -2.86. The van der Waals surface area contributed by atoms with Gasteiger partial charge in [0.25, 0.3) is 0 Å². The molecular weight excluding hydrogens is 330 g/mol. The summed E-state index contributed by atoms with van der Waals surface area (Å²) in [5, 5.41) is 13.8. The maximum atomic E-state index is 11.6. The van der Waals surface area contributed by atoms with Gasteiger partial charge in [0.15, 0.2) is 0 Å². The van der Waals surface area contributed by atoms with Crippen molar-refractivity contribution >= 4 is 28.4 Å². The highest BCUT2D eigenvalue weighted by molar-refractivity contribution is 5.94. The molecule has 0 saturated heterocycles. The number of benzene rings is 1. The maximum absolute atomic E-state index is 11.6. The Morgan fingerprint density at radius 2 is 2.19 bits per heavy atom. The molecule has 1 fully saturated rings. The fraction of sp³-hybridized carbons (Fsp3) is 0.300. The summed E-state index contributed by atoms with van der Waals surface area (Å²) < 4.78 is 7.27. The number of hydrogen-bond acceptors (Lipinski definition) is 4. The predicted molar refractivity (Wildman–Crippen MR) is 100 cm³/mol. The minimum atomic E-state index is -0.964. The summed E-state index contributed by atoms with van der Waals surface area (Å²) in [4.78, 5) is 16.0.